The predicted octanol–water partition coefficient (Wildman–Crippen LogP) is 4.26. The summed E-state index contributed by atoms with van der Waals surface area (Å²) in [6.07, 6.45) is 0. The van der Waals surface area contributed by atoms with Crippen LogP contribution in [0.15, 0.2) is 42.5 Å². The standard InChI is InChI=1S/C17H16O2.ClH.H3N/c1-11-9-10-15(13(3)12(11)2)17(19)16(18)14-7-5-4-6-8-14;;/h4-10H,1-3H3;1H;1H3. The van der Waals surface area contributed by atoms with Crippen LogP contribution in [0.1, 0.15) is 37.4 Å². The van der Waals surface area contributed by atoms with Crippen LogP contribution in [0.2, 0.25) is 0 Å². The minimum Gasteiger partial charge on any atom is -0.344 e. The summed E-state index contributed by atoms with van der Waals surface area (Å²) in [5.74, 6) is -0.890. The molecule has 2 aromatic rings. The van der Waals surface area contributed by atoms with Gasteiger partial charge in [0, 0.05) is 11.1 Å². The van der Waals surface area contributed by atoms with Crippen LogP contribution in [0.25, 0.3) is 0 Å². The van der Waals surface area contributed by atoms with Gasteiger partial charge in [-0.1, -0.05) is 42.5 Å². The van der Waals surface area contributed by atoms with E-state index in [0.29, 0.717) is 11.1 Å². The van der Waals surface area contributed by atoms with Crippen molar-refractivity contribution in [3.8, 4) is 0 Å². The van der Waals surface area contributed by atoms with Gasteiger partial charge in [0.1, 0.15) is 0 Å². The first-order chi connectivity index (χ1) is 9.02. The van der Waals surface area contributed by atoms with E-state index in [2.05, 4.69) is 0 Å². The van der Waals surface area contributed by atoms with Crippen LogP contribution in [0.3, 0.4) is 0 Å². The fourth-order valence-electron chi connectivity index (χ4n) is 2.05. The van der Waals surface area contributed by atoms with E-state index in [1.54, 1.807) is 30.3 Å². The van der Waals surface area contributed by atoms with Crippen molar-refractivity contribution >= 4 is 24.0 Å². The lowest BCUT2D eigenvalue weighted by atomic mass is 9.93. The quantitative estimate of drug-likeness (QED) is 0.680. The fraction of sp³-hybridized carbons (Fsp3) is 0.176. The van der Waals surface area contributed by atoms with Crippen molar-refractivity contribution in [2.45, 2.75) is 20.8 Å². The van der Waals surface area contributed by atoms with E-state index in [4.69, 9.17) is 0 Å². The van der Waals surface area contributed by atoms with Crippen molar-refractivity contribution in [3.05, 3.63) is 70.3 Å². The van der Waals surface area contributed by atoms with Crippen molar-refractivity contribution in [2.75, 3.05) is 0 Å². The zero-order valence-electron chi connectivity index (χ0n) is 12.5. The summed E-state index contributed by atoms with van der Waals surface area (Å²) < 4.78 is 0. The number of aryl methyl sites for hydroxylation is 1. The maximum Gasteiger partial charge on any atom is 0.233 e. The van der Waals surface area contributed by atoms with Gasteiger partial charge < -0.3 is 6.15 Å². The molecule has 0 aliphatic rings. The fourth-order valence-corrected chi connectivity index (χ4v) is 2.05. The lowest BCUT2D eigenvalue weighted by Gasteiger charge is -2.09. The molecule has 3 N–H and O–H groups in total. The molecule has 2 aromatic carbocycles. The Balaban J connectivity index is 0.00000200. The van der Waals surface area contributed by atoms with E-state index in [1.165, 1.54) is 0 Å². The van der Waals surface area contributed by atoms with E-state index in [9.17, 15) is 9.59 Å². The van der Waals surface area contributed by atoms with Gasteiger partial charge in [0.15, 0.2) is 0 Å². The molecule has 2 rings (SSSR count). The minimum absolute atomic E-state index is 0. The van der Waals surface area contributed by atoms with Crippen LogP contribution < -0.4 is 6.15 Å². The summed E-state index contributed by atoms with van der Waals surface area (Å²) in [6, 6.07) is 12.3. The zero-order valence-corrected chi connectivity index (χ0v) is 13.3. The van der Waals surface area contributed by atoms with Crippen molar-refractivity contribution in [1.29, 1.82) is 0 Å². The molecule has 4 heteroatoms. The van der Waals surface area contributed by atoms with Gasteiger partial charge in [-0.15, -0.1) is 12.4 Å². The SMILES string of the molecule is Cc1ccc(C(=O)C(=O)c2ccccc2)c(C)c1C.Cl.N. The number of rotatable bonds is 3. The average molecular weight is 306 g/mol. The lowest BCUT2D eigenvalue weighted by Crippen LogP contribution is -2.16. The summed E-state index contributed by atoms with van der Waals surface area (Å²) >= 11 is 0. The monoisotopic (exact) mass is 305 g/mol. The predicted molar refractivity (Wildman–Crippen MR) is 88.0 cm³/mol. The number of hydrogen-bond donors (Lipinski definition) is 1. The number of Topliss-reactive ketones (excluding diaryl/α,β-unsaturated/α-hetero) is 2. The second kappa shape index (κ2) is 7.72. The summed E-state index contributed by atoms with van der Waals surface area (Å²) in [6.45, 7) is 5.85. The third-order valence-corrected chi connectivity index (χ3v) is 3.54. The highest BCUT2D eigenvalue weighted by atomic mass is 35.5. The smallest absolute Gasteiger partial charge is 0.233 e. The Bertz CT molecular complexity index is 651. The molecule has 0 unspecified atom stereocenters. The number of hydrogen-bond acceptors (Lipinski definition) is 3. The molecule has 0 atom stereocenters. The van der Waals surface area contributed by atoms with Crippen LogP contribution in [0.5, 0.6) is 0 Å². The highest BCUT2D eigenvalue weighted by Crippen LogP contribution is 2.19. The summed E-state index contributed by atoms with van der Waals surface area (Å²) in [5.41, 5.74) is 4.00. The van der Waals surface area contributed by atoms with Crippen molar-refractivity contribution in [3.63, 3.8) is 0 Å². The van der Waals surface area contributed by atoms with Crippen molar-refractivity contribution in [1.82, 2.24) is 6.15 Å². The van der Waals surface area contributed by atoms with E-state index in [-0.39, 0.29) is 18.6 Å². The van der Waals surface area contributed by atoms with Gasteiger partial charge in [0.2, 0.25) is 11.6 Å². The minimum atomic E-state index is -0.452. The lowest BCUT2D eigenvalue weighted by molar-refractivity contribution is 0.0816. The molecule has 0 aliphatic carbocycles. The Labute approximate surface area is 131 Å². The molecule has 0 amide bonds. The molecule has 0 saturated heterocycles. The first-order valence-electron chi connectivity index (χ1n) is 6.23. The zero-order chi connectivity index (χ0) is 14.0. The number of ketones is 2. The maximum absolute atomic E-state index is 12.3. The molecule has 0 aromatic heterocycles. The van der Waals surface area contributed by atoms with E-state index in [1.807, 2.05) is 32.9 Å². The van der Waals surface area contributed by atoms with Crippen LogP contribution in [-0.4, -0.2) is 11.6 Å². The molecule has 0 bridgehead atoms. The van der Waals surface area contributed by atoms with Gasteiger partial charge in [-0.05, 0) is 37.5 Å². The summed E-state index contributed by atoms with van der Waals surface area (Å²) in [4.78, 5) is 24.4. The molecule has 0 aliphatic heterocycles. The molecular formula is C17H20ClNO2. The van der Waals surface area contributed by atoms with Crippen LogP contribution >= 0.6 is 12.4 Å². The third kappa shape index (κ3) is 3.78. The van der Waals surface area contributed by atoms with Gasteiger partial charge >= 0.3 is 0 Å². The Morgan fingerprint density at radius 3 is 1.90 bits per heavy atom. The first-order valence-corrected chi connectivity index (χ1v) is 6.23. The largest absolute Gasteiger partial charge is 0.344 e. The maximum atomic E-state index is 12.3. The van der Waals surface area contributed by atoms with Crippen LogP contribution in [-0.2, 0) is 0 Å². The number of carbonyl (C=O) groups is 2. The first kappa shape index (κ1) is 19.0. The Hall–Kier alpha value is -1.97. The molecule has 0 heterocycles. The second-order valence-electron chi connectivity index (χ2n) is 4.70. The van der Waals surface area contributed by atoms with Crippen molar-refractivity contribution in [2.24, 2.45) is 0 Å². The highest BCUT2D eigenvalue weighted by molar-refractivity contribution is 6.49. The average Bonchev–Trinajstić information content (AvgIpc) is 2.44. The van der Waals surface area contributed by atoms with Gasteiger partial charge in [-0.3, -0.25) is 9.59 Å². The number of halogens is 1. The molecule has 0 saturated carbocycles. The van der Waals surface area contributed by atoms with Gasteiger partial charge in [0.25, 0.3) is 0 Å². The molecule has 3 nitrogen and oxygen atoms in total. The van der Waals surface area contributed by atoms with Crippen LogP contribution in [0, 0.1) is 20.8 Å². The topological polar surface area (TPSA) is 69.1 Å². The number of benzene rings is 2. The molecular weight excluding hydrogens is 286 g/mol. The summed E-state index contributed by atoms with van der Waals surface area (Å²) in [7, 11) is 0. The molecule has 0 radical (unpaired) electrons. The van der Waals surface area contributed by atoms with Gasteiger partial charge in [-0.25, -0.2) is 0 Å². The normalized spacial score (nSPS) is 9.29. The molecule has 112 valence electrons. The second-order valence-corrected chi connectivity index (χ2v) is 4.70. The van der Waals surface area contributed by atoms with E-state index < -0.39 is 11.6 Å². The Morgan fingerprint density at radius 2 is 1.33 bits per heavy atom. The summed E-state index contributed by atoms with van der Waals surface area (Å²) in [5, 5.41) is 0. The highest BCUT2D eigenvalue weighted by Gasteiger charge is 2.20. The van der Waals surface area contributed by atoms with Gasteiger partial charge in [-0.2, -0.15) is 0 Å². The van der Waals surface area contributed by atoms with E-state index in [0.717, 1.165) is 16.7 Å². The van der Waals surface area contributed by atoms with Crippen LogP contribution in [0.4, 0.5) is 0 Å². The van der Waals surface area contributed by atoms with Crippen molar-refractivity contribution < 1.29 is 9.59 Å². The Kier molecular flexibility index (Phi) is 6.99. The van der Waals surface area contributed by atoms with Gasteiger partial charge in [0.05, 0.1) is 0 Å². The molecule has 0 fully saturated rings. The Morgan fingerprint density at radius 1 is 0.762 bits per heavy atom. The molecule has 21 heavy (non-hydrogen) atoms. The number of carbonyl (C=O) groups excluding carboxylic acids is 2. The van der Waals surface area contributed by atoms with E-state index >= 15 is 0 Å². The third-order valence-electron chi connectivity index (χ3n) is 3.54. The molecule has 0 spiro atoms.